The average molecular weight is 215 g/mol. The molecule has 0 spiro atoms. The van der Waals surface area contributed by atoms with Gasteiger partial charge in [0, 0.05) is 13.1 Å². The SMILES string of the molecule is CS(=O)(=O)NCCNC(=O)CCl. The number of carbonyl (C=O) groups is 1. The molecule has 0 unspecified atom stereocenters. The van der Waals surface area contributed by atoms with Crippen LogP contribution in [0.2, 0.25) is 0 Å². The molecular weight excluding hydrogens is 204 g/mol. The second-order valence-electron chi connectivity index (χ2n) is 2.15. The number of hydrogen-bond donors (Lipinski definition) is 2. The summed E-state index contributed by atoms with van der Waals surface area (Å²) >= 11 is 5.17. The molecule has 0 heterocycles. The van der Waals surface area contributed by atoms with E-state index in [0.717, 1.165) is 6.26 Å². The van der Waals surface area contributed by atoms with Crippen molar-refractivity contribution in [2.45, 2.75) is 0 Å². The first-order valence-corrected chi connectivity index (χ1v) is 5.65. The number of hydrogen-bond acceptors (Lipinski definition) is 3. The number of sulfonamides is 1. The van der Waals surface area contributed by atoms with E-state index in [1.54, 1.807) is 0 Å². The molecule has 5 nitrogen and oxygen atoms in total. The summed E-state index contributed by atoms with van der Waals surface area (Å²) in [7, 11) is -3.16. The van der Waals surface area contributed by atoms with E-state index in [-0.39, 0.29) is 24.9 Å². The zero-order valence-corrected chi connectivity index (χ0v) is 8.20. The Balaban J connectivity index is 3.40. The fourth-order valence-electron chi connectivity index (χ4n) is 0.486. The van der Waals surface area contributed by atoms with Gasteiger partial charge in [-0.15, -0.1) is 11.6 Å². The molecule has 0 bridgehead atoms. The fraction of sp³-hybridized carbons (Fsp3) is 0.800. The zero-order valence-electron chi connectivity index (χ0n) is 6.63. The Labute approximate surface area is 76.5 Å². The largest absolute Gasteiger partial charge is 0.354 e. The van der Waals surface area contributed by atoms with Gasteiger partial charge in [-0.05, 0) is 0 Å². The quantitative estimate of drug-likeness (QED) is 0.450. The number of halogens is 1. The molecule has 0 saturated heterocycles. The number of alkyl halides is 1. The molecule has 0 rings (SSSR count). The van der Waals surface area contributed by atoms with Gasteiger partial charge in [-0.25, -0.2) is 13.1 Å². The van der Waals surface area contributed by atoms with Crippen molar-refractivity contribution in [3.8, 4) is 0 Å². The van der Waals surface area contributed by atoms with Crippen LogP contribution in [0.4, 0.5) is 0 Å². The third-order valence-corrected chi connectivity index (χ3v) is 1.90. The van der Waals surface area contributed by atoms with Crippen molar-refractivity contribution in [3.63, 3.8) is 0 Å². The minimum Gasteiger partial charge on any atom is -0.354 e. The number of rotatable bonds is 5. The highest BCUT2D eigenvalue weighted by atomic mass is 35.5. The Morgan fingerprint density at radius 3 is 2.42 bits per heavy atom. The summed E-state index contributed by atoms with van der Waals surface area (Å²) in [5, 5.41) is 2.41. The summed E-state index contributed by atoms with van der Waals surface area (Å²) in [5.74, 6) is -0.425. The van der Waals surface area contributed by atoms with Gasteiger partial charge in [-0.2, -0.15) is 0 Å². The van der Waals surface area contributed by atoms with E-state index in [2.05, 4.69) is 10.0 Å². The highest BCUT2D eigenvalue weighted by Gasteiger charge is 2.00. The van der Waals surface area contributed by atoms with Crippen molar-refractivity contribution in [2.24, 2.45) is 0 Å². The predicted octanol–water partition coefficient (Wildman–Crippen LogP) is -1.11. The van der Waals surface area contributed by atoms with Crippen LogP contribution in [0.3, 0.4) is 0 Å². The summed E-state index contributed by atoms with van der Waals surface area (Å²) in [6, 6.07) is 0. The Bertz CT molecular complexity index is 239. The molecule has 0 radical (unpaired) electrons. The van der Waals surface area contributed by atoms with Gasteiger partial charge in [-0.3, -0.25) is 4.79 Å². The molecule has 0 aliphatic rings. The van der Waals surface area contributed by atoms with E-state index < -0.39 is 10.0 Å². The summed E-state index contributed by atoms with van der Waals surface area (Å²) in [5.41, 5.74) is 0. The smallest absolute Gasteiger partial charge is 0.234 e. The van der Waals surface area contributed by atoms with Crippen molar-refractivity contribution in [3.05, 3.63) is 0 Å². The van der Waals surface area contributed by atoms with Crippen molar-refractivity contribution in [1.82, 2.24) is 10.0 Å². The molecule has 0 atom stereocenters. The summed E-state index contributed by atoms with van der Waals surface area (Å²) in [6.07, 6.45) is 1.05. The molecule has 1 amide bonds. The molecule has 0 aromatic carbocycles. The lowest BCUT2D eigenvalue weighted by Gasteiger charge is -2.02. The van der Waals surface area contributed by atoms with E-state index in [1.807, 2.05) is 0 Å². The lowest BCUT2D eigenvalue weighted by Crippen LogP contribution is -2.34. The molecule has 0 aromatic heterocycles. The van der Waals surface area contributed by atoms with Crippen LogP contribution in [-0.4, -0.2) is 39.6 Å². The van der Waals surface area contributed by atoms with Crippen LogP contribution in [0.5, 0.6) is 0 Å². The second kappa shape index (κ2) is 5.34. The Morgan fingerprint density at radius 1 is 1.42 bits per heavy atom. The minimum atomic E-state index is -3.16. The van der Waals surface area contributed by atoms with E-state index in [1.165, 1.54) is 0 Å². The van der Waals surface area contributed by atoms with Crippen LogP contribution >= 0.6 is 11.6 Å². The summed E-state index contributed by atoms with van der Waals surface area (Å²) < 4.78 is 23.2. The van der Waals surface area contributed by atoms with E-state index in [4.69, 9.17) is 11.6 Å². The number of nitrogens with one attached hydrogen (secondary N) is 2. The van der Waals surface area contributed by atoms with Crippen molar-refractivity contribution in [2.75, 3.05) is 25.2 Å². The van der Waals surface area contributed by atoms with Crippen LogP contribution in [-0.2, 0) is 14.8 Å². The van der Waals surface area contributed by atoms with E-state index in [0.29, 0.717) is 0 Å². The maximum Gasteiger partial charge on any atom is 0.234 e. The van der Waals surface area contributed by atoms with Crippen LogP contribution < -0.4 is 10.0 Å². The van der Waals surface area contributed by atoms with Gasteiger partial charge in [0.05, 0.1) is 6.26 Å². The first-order chi connectivity index (χ1) is 5.45. The third kappa shape index (κ3) is 7.77. The molecule has 0 aliphatic carbocycles. The minimum absolute atomic E-state index is 0.112. The van der Waals surface area contributed by atoms with Gasteiger partial charge in [0.1, 0.15) is 5.88 Å². The highest BCUT2D eigenvalue weighted by Crippen LogP contribution is 1.74. The first-order valence-electron chi connectivity index (χ1n) is 3.23. The van der Waals surface area contributed by atoms with Crippen LogP contribution in [0.1, 0.15) is 0 Å². The van der Waals surface area contributed by atoms with Gasteiger partial charge in [-0.1, -0.05) is 0 Å². The van der Waals surface area contributed by atoms with Gasteiger partial charge in [0.2, 0.25) is 15.9 Å². The van der Waals surface area contributed by atoms with Crippen LogP contribution in [0, 0.1) is 0 Å². The Hall–Kier alpha value is -0.330. The second-order valence-corrected chi connectivity index (χ2v) is 4.25. The van der Waals surface area contributed by atoms with Crippen molar-refractivity contribution in [1.29, 1.82) is 0 Å². The lowest BCUT2D eigenvalue weighted by atomic mass is 10.6. The number of amides is 1. The monoisotopic (exact) mass is 214 g/mol. The summed E-state index contributed by atoms with van der Waals surface area (Å²) in [4.78, 5) is 10.5. The first kappa shape index (κ1) is 11.7. The van der Waals surface area contributed by atoms with Gasteiger partial charge in [0.25, 0.3) is 0 Å². The van der Waals surface area contributed by atoms with Gasteiger partial charge < -0.3 is 5.32 Å². The van der Waals surface area contributed by atoms with Crippen molar-refractivity contribution >= 4 is 27.5 Å². The number of carbonyl (C=O) groups excluding carboxylic acids is 1. The molecular formula is C5H11ClN2O3S. The van der Waals surface area contributed by atoms with Crippen molar-refractivity contribution < 1.29 is 13.2 Å². The Kier molecular flexibility index (Phi) is 5.19. The summed E-state index contributed by atoms with van der Waals surface area (Å²) in [6.45, 7) is 0.431. The molecule has 72 valence electrons. The fourth-order valence-corrected chi connectivity index (χ4v) is 1.05. The third-order valence-electron chi connectivity index (χ3n) is 0.933. The van der Waals surface area contributed by atoms with Gasteiger partial charge in [0.15, 0.2) is 0 Å². The molecule has 2 N–H and O–H groups in total. The molecule has 7 heteroatoms. The maximum atomic E-state index is 10.5. The maximum absolute atomic E-state index is 10.5. The molecule has 0 aliphatic heterocycles. The lowest BCUT2D eigenvalue weighted by molar-refractivity contribution is -0.118. The average Bonchev–Trinajstić information content (AvgIpc) is 1.96. The molecule has 0 saturated carbocycles. The topological polar surface area (TPSA) is 75.3 Å². The van der Waals surface area contributed by atoms with Crippen LogP contribution in [0.25, 0.3) is 0 Å². The normalized spacial score (nSPS) is 11.2. The molecule has 12 heavy (non-hydrogen) atoms. The predicted molar refractivity (Wildman–Crippen MR) is 46.6 cm³/mol. The van der Waals surface area contributed by atoms with Crippen LogP contribution in [0.15, 0.2) is 0 Å². The molecule has 0 fully saturated rings. The standard InChI is InChI=1S/C5H11ClN2O3S/c1-12(10,11)8-3-2-7-5(9)4-6/h8H,2-4H2,1H3,(H,7,9). The molecule has 0 aromatic rings. The van der Waals surface area contributed by atoms with E-state index >= 15 is 0 Å². The Morgan fingerprint density at radius 2 is 2.00 bits per heavy atom. The van der Waals surface area contributed by atoms with Gasteiger partial charge >= 0.3 is 0 Å². The zero-order chi connectivity index (χ0) is 9.61. The highest BCUT2D eigenvalue weighted by molar-refractivity contribution is 7.88. The van der Waals surface area contributed by atoms with E-state index in [9.17, 15) is 13.2 Å².